The Balaban J connectivity index is 1.90. The Morgan fingerprint density at radius 3 is 2.21 bits per heavy atom. The van der Waals surface area contributed by atoms with Crippen LogP contribution in [0.4, 0.5) is 5.69 Å². The van der Waals surface area contributed by atoms with Crippen LogP contribution in [0, 0.1) is 0 Å². The molecule has 0 bridgehead atoms. The Labute approximate surface area is 162 Å². The lowest BCUT2D eigenvalue weighted by Gasteiger charge is -2.14. The van der Waals surface area contributed by atoms with E-state index in [9.17, 15) is 0 Å². The Morgan fingerprint density at radius 1 is 0.857 bits per heavy atom. The van der Waals surface area contributed by atoms with E-state index >= 15 is 0 Å². The highest BCUT2D eigenvalue weighted by Gasteiger charge is 2.17. The molecule has 3 aromatic carbocycles. The van der Waals surface area contributed by atoms with Gasteiger partial charge in [0.2, 0.25) is 5.75 Å². The summed E-state index contributed by atoms with van der Waals surface area (Å²) in [6.45, 7) is 0. The number of aromatic nitrogens is 3. The zero-order valence-corrected chi connectivity index (χ0v) is 15.8. The highest BCUT2D eigenvalue weighted by molar-refractivity contribution is 5.86. The second-order valence-electron chi connectivity index (χ2n) is 6.18. The fraction of sp³-hybridized carbons (Fsp3) is 0.143. The number of para-hydroxylation sites is 1. The average molecular weight is 376 g/mol. The van der Waals surface area contributed by atoms with Crippen molar-refractivity contribution < 1.29 is 14.2 Å². The maximum absolute atomic E-state index is 6.14. The van der Waals surface area contributed by atoms with Crippen LogP contribution in [0.3, 0.4) is 0 Å². The lowest BCUT2D eigenvalue weighted by Crippen LogP contribution is -2.01. The van der Waals surface area contributed by atoms with Crippen molar-refractivity contribution in [3.05, 3.63) is 54.6 Å². The summed E-state index contributed by atoms with van der Waals surface area (Å²) in [5, 5.41) is 8.59. The number of nitrogen functional groups attached to an aromatic ring is 1. The van der Waals surface area contributed by atoms with Crippen molar-refractivity contribution in [2.45, 2.75) is 0 Å². The Morgan fingerprint density at radius 2 is 1.57 bits per heavy atom. The Hall–Kier alpha value is -3.74. The van der Waals surface area contributed by atoms with Crippen molar-refractivity contribution >= 4 is 16.7 Å². The number of hydrogen-bond acceptors (Lipinski definition) is 6. The summed E-state index contributed by atoms with van der Waals surface area (Å²) in [5.41, 5.74) is 11.2. The van der Waals surface area contributed by atoms with Gasteiger partial charge in [0.1, 0.15) is 5.52 Å². The van der Waals surface area contributed by atoms with E-state index < -0.39 is 0 Å². The smallest absolute Gasteiger partial charge is 0.203 e. The van der Waals surface area contributed by atoms with Gasteiger partial charge in [-0.2, -0.15) is 0 Å². The molecule has 7 nitrogen and oxygen atoms in total. The summed E-state index contributed by atoms with van der Waals surface area (Å²) in [6.07, 6.45) is 0. The van der Waals surface area contributed by atoms with Crippen LogP contribution in [0.25, 0.3) is 27.8 Å². The van der Waals surface area contributed by atoms with Crippen molar-refractivity contribution in [3.8, 4) is 34.1 Å². The van der Waals surface area contributed by atoms with Crippen LogP contribution in [0.15, 0.2) is 54.6 Å². The van der Waals surface area contributed by atoms with Crippen LogP contribution in [-0.2, 0) is 0 Å². The number of nitrogens with two attached hydrogens (primary N) is 1. The molecule has 0 unspecified atom stereocenters. The van der Waals surface area contributed by atoms with Gasteiger partial charge >= 0.3 is 0 Å². The first kappa shape index (κ1) is 17.7. The first-order valence-electron chi connectivity index (χ1n) is 8.67. The minimum atomic E-state index is 0.524. The van der Waals surface area contributed by atoms with Gasteiger partial charge in [-0.05, 0) is 23.8 Å². The largest absolute Gasteiger partial charge is 0.493 e. The fourth-order valence-corrected chi connectivity index (χ4v) is 3.23. The number of rotatable bonds is 5. The maximum atomic E-state index is 6.14. The lowest BCUT2D eigenvalue weighted by molar-refractivity contribution is 0.324. The van der Waals surface area contributed by atoms with Gasteiger partial charge in [0.15, 0.2) is 11.5 Å². The summed E-state index contributed by atoms with van der Waals surface area (Å²) in [7, 11) is 4.73. The molecule has 142 valence electrons. The molecule has 1 aromatic heterocycles. The van der Waals surface area contributed by atoms with Crippen molar-refractivity contribution in [3.63, 3.8) is 0 Å². The molecule has 4 rings (SSSR count). The molecule has 28 heavy (non-hydrogen) atoms. The molecule has 0 fully saturated rings. The molecular formula is C21H20N4O3. The van der Waals surface area contributed by atoms with Crippen LogP contribution in [-0.4, -0.2) is 36.3 Å². The monoisotopic (exact) mass is 376 g/mol. The van der Waals surface area contributed by atoms with E-state index in [0.29, 0.717) is 22.9 Å². The normalized spacial score (nSPS) is 10.8. The van der Waals surface area contributed by atoms with Gasteiger partial charge in [0.25, 0.3) is 0 Å². The number of methoxy groups -OCH3 is 3. The van der Waals surface area contributed by atoms with Gasteiger partial charge in [-0.25, -0.2) is 4.68 Å². The maximum Gasteiger partial charge on any atom is 0.203 e. The lowest BCUT2D eigenvalue weighted by atomic mass is 10.0. The Kier molecular flexibility index (Phi) is 4.49. The van der Waals surface area contributed by atoms with Gasteiger partial charge in [-0.1, -0.05) is 29.5 Å². The molecule has 0 saturated heterocycles. The summed E-state index contributed by atoms with van der Waals surface area (Å²) < 4.78 is 18.0. The van der Waals surface area contributed by atoms with Gasteiger partial charge < -0.3 is 19.9 Å². The van der Waals surface area contributed by atoms with Crippen LogP contribution >= 0.6 is 0 Å². The zero-order valence-electron chi connectivity index (χ0n) is 15.8. The van der Waals surface area contributed by atoms with E-state index in [-0.39, 0.29) is 0 Å². The summed E-state index contributed by atoms with van der Waals surface area (Å²) >= 11 is 0. The number of ether oxygens (including phenoxy) is 3. The van der Waals surface area contributed by atoms with Gasteiger partial charge in [-0.15, -0.1) is 5.10 Å². The van der Waals surface area contributed by atoms with Crippen molar-refractivity contribution in [1.82, 2.24) is 15.0 Å². The molecule has 7 heteroatoms. The van der Waals surface area contributed by atoms with Crippen LogP contribution in [0.1, 0.15) is 0 Å². The standard InChI is InChI=1S/C21H20N4O3/c1-26-19-11-14(12-20(27-2)21(19)28-3)25-18-10-13(8-9-17(18)23-24-25)15-6-4-5-7-16(15)22/h4-12H,22H2,1-3H3. The van der Waals surface area contributed by atoms with E-state index in [2.05, 4.69) is 10.3 Å². The highest BCUT2D eigenvalue weighted by atomic mass is 16.5. The van der Waals surface area contributed by atoms with Crippen LogP contribution in [0.2, 0.25) is 0 Å². The molecule has 0 amide bonds. The van der Waals surface area contributed by atoms with E-state index in [1.807, 2.05) is 54.6 Å². The number of anilines is 1. The summed E-state index contributed by atoms with van der Waals surface area (Å²) in [4.78, 5) is 0. The van der Waals surface area contributed by atoms with Gasteiger partial charge in [0, 0.05) is 23.4 Å². The third-order valence-electron chi connectivity index (χ3n) is 4.61. The molecule has 0 atom stereocenters. The molecule has 2 N–H and O–H groups in total. The summed E-state index contributed by atoms with van der Waals surface area (Å²) in [5.74, 6) is 1.61. The first-order valence-corrected chi connectivity index (χ1v) is 8.67. The predicted octanol–water partition coefficient (Wildman–Crippen LogP) is 3.70. The Bertz CT molecular complexity index is 1130. The molecule has 0 spiro atoms. The number of fused-ring (bicyclic) bond motifs is 1. The number of benzene rings is 3. The molecule has 4 aromatic rings. The topological polar surface area (TPSA) is 84.4 Å². The second kappa shape index (κ2) is 7.11. The number of nitrogens with zero attached hydrogens (tertiary/aromatic N) is 3. The second-order valence-corrected chi connectivity index (χ2v) is 6.18. The van der Waals surface area contributed by atoms with Crippen LogP contribution in [0.5, 0.6) is 17.2 Å². The predicted molar refractivity (Wildman–Crippen MR) is 108 cm³/mol. The average Bonchev–Trinajstić information content (AvgIpc) is 3.16. The molecule has 0 aliphatic carbocycles. The minimum Gasteiger partial charge on any atom is -0.493 e. The van der Waals surface area contributed by atoms with E-state index in [1.54, 1.807) is 26.0 Å². The fourth-order valence-electron chi connectivity index (χ4n) is 3.23. The third kappa shape index (κ3) is 2.87. The molecule has 0 aliphatic heterocycles. The SMILES string of the molecule is COc1cc(-n2nnc3ccc(-c4ccccc4N)cc32)cc(OC)c1OC. The summed E-state index contributed by atoms with van der Waals surface area (Å²) in [6, 6.07) is 17.4. The van der Waals surface area contributed by atoms with Gasteiger partial charge in [0.05, 0.1) is 32.5 Å². The minimum absolute atomic E-state index is 0.524. The van der Waals surface area contributed by atoms with E-state index in [1.165, 1.54) is 0 Å². The molecule has 0 radical (unpaired) electrons. The molecular weight excluding hydrogens is 356 g/mol. The molecule has 0 saturated carbocycles. The van der Waals surface area contributed by atoms with E-state index in [4.69, 9.17) is 19.9 Å². The zero-order chi connectivity index (χ0) is 19.7. The van der Waals surface area contributed by atoms with Crippen molar-refractivity contribution in [2.75, 3.05) is 27.1 Å². The number of hydrogen-bond donors (Lipinski definition) is 1. The highest BCUT2D eigenvalue weighted by Crippen LogP contribution is 2.39. The van der Waals surface area contributed by atoms with E-state index in [0.717, 1.165) is 27.8 Å². The third-order valence-corrected chi connectivity index (χ3v) is 4.61. The van der Waals surface area contributed by atoms with Crippen molar-refractivity contribution in [1.29, 1.82) is 0 Å². The molecule has 0 aliphatic rings. The van der Waals surface area contributed by atoms with Gasteiger partial charge in [-0.3, -0.25) is 0 Å². The van der Waals surface area contributed by atoms with Crippen LogP contribution < -0.4 is 19.9 Å². The molecule has 1 heterocycles. The first-order chi connectivity index (χ1) is 13.7. The quantitative estimate of drug-likeness (QED) is 0.535. The van der Waals surface area contributed by atoms with Crippen molar-refractivity contribution in [2.24, 2.45) is 0 Å².